The van der Waals surface area contributed by atoms with E-state index in [-0.39, 0.29) is 23.6 Å². The molecule has 3 atom stereocenters. The van der Waals surface area contributed by atoms with Crippen molar-refractivity contribution in [3.8, 4) is 5.75 Å². The van der Waals surface area contributed by atoms with Crippen LogP contribution >= 0.6 is 27.5 Å². The smallest absolute Gasteiger partial charge is 0.327 e. The summed E-state index contributed by atoms with van der Waals surface area (Å²) in [5.74, 6) is -0.0836. The molecule has 1 unspecified atom stereocenters. The van der Waals surface area contributed by atoms with Gasteiger partial charge in [-0.25, -0.2) is 4.79 Å². The van der Waals surface area contributed by atoms with Crippen LogP contribution in [0.25, 0.3) is 0 Å². The first-order valence-electron chi connectivity index (χ1n) is 10.1. The molecule has 0 radical (unpaired) electrons. The number of phenols is 1. The Kier molecular flexibility index (Phi) is 6.65. The van der Waals surface area contributed by atoms with Crippen molar-refractivity contribution in [3.05, 3.63) is 99.0 Å². The number of likely N-dealkylation sites (tertiary alicyclic amines) is 1. The third kappa shape index (κ3) is 4.49. The molecule has 3 aromatic rings. The first kappa shape index (κ1) is 21.9. The molecule has 0 spiro atoms. The van der Waals surface area contributed by atoms with Crippen LogP contribution in [0.1, 0.15) is 34.6 Å². The summed E-state index contributed by atoms with van der Waals surface area (Å²) < 4.78 is 6.17. The number of carbonyl (C=O) groups excluding carboxylic acids is 1. The number of phenolic OH excluding ortho intramolecular Hbond substituents is 1. The van der Waals surface area contributed by atoms with Gasteiger partial charge in [0.25, 0.3) is 0 Å². The highest BCUT2D eigenvalue weighted by Crippen LogP contribution is 2.47. The Morgan fingerprint density at radius 3 is 2.35 bits per heavy atom. The van der Waals surface area contributed by atoms with Gasteiger partial charge < -0.3 is 9.84 Å². The maximum absolute atomic E-state index is 12.8. The number of hydrogen-bond donors (Lipinski definition) is 1. The van der Waals surface area contributed by atoms with Crippen LogP contribution < -0.4 is 0 Å². The number of rotatable bonds is 5. The third-order valence-electron chi connectivity index (χ3n) is 5.95. The monoisotopic (exact) mass is 499 g/mol. The Balaban J connectivity index is 1.79. The third-order valence-corrected chi connectivity index (χ3v) is 6.90. The lowest BCUT2D eigenvalue weighted by Gasteiger charge is -2.26. The standard InChI is InChI=1S/C25H23BrClNO3/c1-31-25(30)24(16-7-3-2-4-8-16)28-14-20(18-9-5-6-10-22(18)26)21(15-28)19-13-17(27)11-12-23(19)29/h2-13,20-21,24,29H,14-15H2,1H3/t20-,21-,24?/m0/s1. The zero-order chi connectivity index (χ0) is 22.0. The zero-order valence-corrected chi connectivity index (χ0v) is 19.4. The van der Waals surface area contributed by atoms with Crippen LogP contribution in [0.3, 0.4) is 0 Å². The first-order valence-corrected chi connectivity index (χ1v) is 11.3. The van der Waals surface area contributed by atoms with E-state index in [1.54, 1.807) is 12.1 Å². The Morgan fingerprint density at radius 1 is 1.03 bits per heavy atom. The van der Waals surface area contributed by atoms with E-state index in [1.165, 1.54) is 7.11 Å². The predicted molar refractivity (Wildman–Crippen MR) is 126 cm³/mol. The molecular formula is C25H23BrClNO3. The van der Waals surface area contributed by atoms with Crippen LogP contribution in [-0.2, 0) is 9.53 Å². The van der Waals surface area contributed by atoms with E-state index in [2.05, 4.69) is 26.9 Å². The minimum absolute atomic E-state index is 0.0479. The van der Waals surface area contributed by atoms with Gasteiger partial charge in [0.15, 0.2) is 0 Å². The van der Waals surface area contributed by atoms with Crippen molar-refractivity contribution in [1.82, 2.24) is 4.90 Å². The van der Waals surface area contributed by atoms with Crippen LogP contribution in [-0.4, -0.2) is 36.2 Å². The van der Waals surface area contributed by atoms with Gasteiger partial charge in [-0.05, 0) is 35.4 Å². The van der Waals surface area contributed by atoms with E-state index < -0.39 is 6.04 Å². The lowest BCUT2D eigenvalue weighted by Crippen LogP contribution is -2.33. The van der Waals surface area contributed by atoms with Crippen molar-refractivity contribution in [3.63, 3.8) is 0 Å². The molecule has 31 heavy (non-hydrogen) atoms. The van der Waals surface area contributed by atoms with Crippen molar-refractivity contribution < 1.29 is 14.6 Å². The molecule has 6 heteroatoms. The lowest BCUT2D eigenvalue weighted by atomic mass is 9.84. The summed E-state index contributed by atoms with van der Waals surface area (Å²) >= 11 is 9.97. The summed E-state index contributed by atoms with van der Waals surface area (Å²) in [7, 11) is 1.42. The molecule has 0 aliphatic carbocycles. The van der Waals surface area contributed by atoms with Gasteiger partial charge in [0.05, 0.1) is 7.11 Å². The number of methoxy groups -OCH3 is 1. The van der Waals surface area contributed by atoms with Crippen molar-refractivity contribution in [2.75, 3.05) is 20.2 Å². The van der Waals surface area contributed by atoms with Crippen molar-refractivity contribution in [2.24, 2.45) is 0 Å². The molecule has 0 saturated carbocycles. The molecule has 1 aliphatic rings. The van der Waals surface area contributed by atoms with Gasteiger partial charge in [-0.1, -0.05) is 76.1 Å². The number of ether oxygens (including phenoxy) is 1. The molecule has 0 aromatic heterocycles. The molecule has 160 valence electrons. The molecule has 1 heterocycles. The molecular weight excluding hydrogens is 478 g/mol. The SMILES string of the molecule is COC(=O)C(c1ccccc1)N1C[C@@H](c2cc(Cl)ccc2O)[C@H](c2ccccc2Br)C1. The number of halogens is 2. The highest BCUT2D eigenvalue weighted by atomic mass is 79.9. The van der Waals surface area contributed by atoms with Crippen molar-refractivity contribution in [1.29, 1.82) is 0 Å². The number of hydrogen-bond acceptors (Lipinski definition) is 4. The molecule has 3 aromatic carbocycles. The summed E-state index contributed by atoms with van der Waals surface area (Å²) in [6.45, 7) is 1.21. The van der Waals surface area contributed by atoms with E-state index in [9.17, 15) is 9.90 Å². The maximum Gasteiger partial charge on any atom is 0.327 e. The number of nitrogens with zero attached hydrogens (tertiary/aromatic N) is 1. The first-order chi connectivity index (χ1) is 15.0. The highest BCUT2D eigenvalue weighted by Gasteiger charge is 2.42. The molecule has 1 saturated heterocycles. The van der Waals surface area contributed by atoms with E-state index >= 15 is 0 Å². The molecule has 0 bridgehead atoms. The predicted octanol–water partition coefficient (Wildman–Crippen LogP) is 5.91. The van der Waals surface area contributed by atoms with Gasteiger partial charge in [-0.15, -0.1) is 0 Å². The topological polar surface area (TPSA) is 49.8 Å². The van der Waals surface area contributed by atoms with Gasteiger partial charge in [0, 0.05) is 40.0 Å². The van der Waals surface area contributed by atoms with Crippen LogP contribution in [0.4, 0.5) is 0 Å². The largest absolute Gasteiger partial charge is 0.508 e. The summed E-state index contributed by atoms with van der Waals surface area (Å²) in [5, 5.41) is 11.2. The minimum atomic E-state index is -0.525. The molecule has 1 fully saturated rings. The van der Waals surface area contributed by atoms with Crippen LogP contribution in [0.15, 0.2) is 77.3 Å². The summed E-state index contributed by atoms with van der Waals surface area (Å²) in [6.07, 6.45) is 0. The quantitative estimate of drug-likeness (QED) is 0.443. The molecule has 4 nitrogen and oxygen atoms in total. The van der Waals surface area contributed by atoms with Crippen molar-refractivity contribution >= 4 is 33.5 Å². The lowest BCUT2D eigenvalue weighted by molar-refractivity contribution is -0.146. The van der Waals surface area contributed by atoms with E-state index in [4.69, 9.17) is 16.3 Å². The molecule has 0 amide bonds. The van der Waals surface area contributed by atoms with Gasteiger partial charge in [-0.3, -0.25) is 4.90 Å². The van der Waals surface area contributed by atoms with E-state index in [0.29, 0.717) is 18.1 Å². The fourth-order valence-electron chi connectivity index (χ4n) is 4.52. The highest BCUT2D eigenvalue weighted by molar-refractivity contribution is 9.10. The fraction of sp³-hybridized carbons (Fsp3) is 0.240. The number of carbonyl (C=O) groups is 1. The second kappa shape index (κ2) is 9.43. The van der Waals surface area contributed by atoms with Crippen LogP contribution in [0.5, 0.6) is 5.75 Å². The van der Waals surface area contributed by atoms with Crippen molar-refractivity contribution in [2.45, 2.75) is 17.9 Å². The van der Waals surface area contributed by atoms with Gasteiger partial charge in [0.2, 0.25) is 0 Å². The Morgan fingerprint density at radius 2 is 1.68 bits per heavy atom. The van der Waals surface area contributed by atoms with Gasteiger partial charge >= 0.3 is 5.97 Å². The van der Waals surface area contributed by atoms with Crippen LogP contribution in [0.2, 0.25) is 5.02 Å². The van der Waals surface area contributed by atoms with Gasteiger partial charge in [0.1, 0.15) is 11.8 Å². The fourth-order valence-corrected chi connectivity index (χ4v) is 5.28. The Hall–Kier alpha value is -2.34. The second-order valence-electron chi connectivity index (χ2n) is 7.73. The summed E-state index contributed by atoms with van der Waals surface area (Å²) in [5.41, 5.74) is 2.80. The van der Waals surface area contributed by atoms with E-state index in [1.807, 2.05) is 54.6 Å². The Labute approximate surface area is 195 Å². The minimum Gasteiger partial charge on any atom is -0.508 e. The average Bonchev–Trinajstić information content (AvgIpc) is 3.20. The number of aromatic hydroxyl groups is 1. The number of benzene rings is 3. The van der Waals surface area contributed by atoms with Gasteiger partial charge in [-0.2, -0.15) is 0 Å². The molecule has 4 rings (SSSR count). The normalized spacial score (nSPS) is 19.8. The summed E-state index contributed by atoms with van der Waals surface area (Å²) in [4.78, 5) is 15.0. The summed E-state index contributed by atoms with van der Waals surface area (Å²) in [6, 6.07) is 22.4. The zero-order valence-electron chi connectivity index (χ0n) is 17.0. The molecule has 1 aliphatic heterocycles. The number of esters is 1. The average molecular weight is 501 g/mol. The van der Waals surface area contributed by atoms with Crippen LogP contribution in [0, 0.1) is 0 Å². The molecule has 1 N–H and O–H groups in total. The maximum atomic E-state index is 12.8. The Bertz CT molecular complexity index is 1080. The second-order valence-corrected chi connectivity index (χ2v) is 9.02. The van der Waals surface area contributed by atoms with E-state index in [0.717, 1.165) is 21.2 Å².